The molecule has 0 radical (unpaired) electrons. The summed E-state index contributed by atoms with van der Waals surface area (Å²) in [6, 6.07) is 1.75. The molecule has 0 fully saturated rings. The Hall–Kier alpha value is -2.65. The van der Waals surface area contributed by atoms with E-state index < -0.39 is 5.82 Å². The van der Waals surface area contributed by atoms with Gasteiger partial charge in [0.1, 0.15) is 5.65 Å². The van der Waals surface area contributed by atoms with E-state index in [1.165, 1.54) is 6.20 Å². The van der Waals surface area contributed by atoms with E-state index in [0.29, 0.717) is 22.1 Å². The number of nitrogens with zero attached hydrogens (tertiary/aromatic N) is 3. The normalized spacial score (nSPS) is 10.5. The molecule has 0 amide bonds. The van der Waals surface area contributed by atoms with Crippen LogP contribution in [0.15, 0.2) is 24.7 Å². The number of nitrogens with one attached hydrogen (secondary N) is 2. The van der Waals surface area contributed by atoms with Gasteiger partial charge in [0, 0.05) is 23.3 Å². The lowest BCUT2D eigenvalue weighted by Gasteiger charge is -2.05. The van der Waals surface area contributed by atoms with Gasteiger partial charge in [-0.2, -0.15) is 0 Å². The molecule has 3 aromatic heterocycles. The first-order chi connectivity index (χ1) is 10.2. The van der Waals surface area contributed by atoms with Crippen LogP contribution < -0.4 is 5.32 Å². The number of rotatable bonds is 3. The maximum atomic E-state index is 13.6. The summed E-state index contributed by atoms with van der Waals surface area (Å²) in [5, 5.41) is 3.97. The van der Waals surface area contributed by atoms with Gasteiger partial charge in [0.15, 0.2) is 17.5 Å². The number of hydrogen-bond acceptors (Lipinski definition) is 4. The van der Waals surface area contributed by atoms with Gasteiger partial charge in [0.2, 0.25) is 0 Å². The molecule has 3 aromatic rings. The molecule has 2 N–H and O–H groups in total. The molecule has 0 aliphatic rings. The van der Waals surface area contributed by atoms with E-state index in [9.17, 15) is 4.39 Å². The molecule has 3 heterocycles. The second-order valence-corrected chi connectivity index (χ2v) is 4.64. The molecular weight excluding hydrogens is 293 g/mol. The molecule has 0 saturated carbocycles. The van der Waals surface area contributed by atoms with Crippen molar-refractivity contribution in [2.75, 3.05) is 11.9 Å². The minimum absolute atomic E-state index is 0.0577. The third-order valence-electron chi connectivity index (χ3n) is 2.84. The molecule has 3 rings (SSSR count). The van der Waals surface area contributed by atoms with Crippen molar-refractivity contribution >= 4 is 28.5 Å². The van der Waals surface area contributed by atoms with Crippen LogP contribution in [0.25, 0.3) is 22.4 Å². The Balaban J connectivity index is 2.10. The van der Waals surface area contributed by atoms with Crippen molar-refractivity contribution in [2.24, 2.45) is 0 Å². The maximum absolute atomic E-state index is 13.6. The average Bonchev–Trinajstić information content (AvgIpc) is 2.89. The fraction of sp³-hybridized carbons (Fsp3) is 0.0714. The van der Waals surface area contributed by atoms with Gasteiger partial charge < -0.3 is 10.3 Å². The predicted octanol–water partition coefficient (Wildman–Crippen LogP) is 2.86. The van der Waals surface area contributed by atoms with E-state index in [2.05, 4.69) is 31.2 Å². The maximum Gasteiger partial charge on any atom is 0.183 e. The summed E-state index contributed by atoms with van der Waals surface area (Å²) >= 11 is 5.95. The Bertz CT molecular complexity index is 852. The lowest BCUT2D eigenvalue weighted by atomic mass is 10.2. The smallest absolute Gasteiger partial charge is 0.183 e. The first-order valence-corrected chi connectivity index (χ1v) is 6.39. The van der Waals surface area contributed by atoms with Gasteiger partial charge in [-0.3, -0.25) is 0 Å². The van der Waals surface area contributed by atoms with Crippen molar-refractivity contribution in [3.05, 3.63) is 35.5 Å². The molecule has 0 aliphatic heterocycles. The summed E-state index contributed by atoms with van der Waals surface area (Å²) in [6.07, 6.45) is 9.48. The largest absolute Gasteiger partial charge is 0.357 e. The van der Waals surface area contributed by atoms with Crippen LogP contribution in [-0.4, -0.2) is 26.5 Å². The lowest BCUT2D eigenvalue weighted by Crippen LogP contribution is -2.05. The minimum Gasteiger partial charge on any atom is -0.357 e. The molecule has 0 saturated heterocycles. The molecule has 0 atom stereocenters. The zero-order valence-corrected chi connectivity index (χ0v) is 11.4. The van der Waals surface area contributed by atoms with Crippen molar-refractivity contribution < 1.29 is 4.39 Å². The fourth-order valence-electron chi connectivity index (χ4n) is 1.92. The number of H-pyrrole nitrogens is 1. The van der Waals surface area contributed by atoms with Crippen LogP contribution in [0.1, 0.15) is 0 Å². The van der Waals surface area contributed by atoms with Gasteiger partial charge in [-0.15, -0.1) is 6.42 Å². The van der Waals surface area contributed by atoms with Gasteiger partial charge >= 0.3 is 0 Å². The second kappa shape index (κ2) is 5.38. The van der Waals surface area contributed by atoms with E-state index in [1.54, 1.807) is 12.3 Å². The summed E-state index contributed by atoms with van der Waals surface area (Å²) in [5.41, 5.74) is 1.34. The van der Waals surface area contributed by atoms with Crippen molar-refractivity contribution in [1.29, 1.82) is 0 Å². The molecular formula is C14H9ClFN5. The van der Waals surface area contributed by atoms with Gasteiger partial charge in [0.25, 0.3) is 0 Å². The highest BCUT2D eigenvalue weighted by Crippen LogP contribution is 2.27. The molecule has 0 unspecified atom stereocenters. The number of anilines is 1. The highest BCUT2D eigenvalue weighted by atomic mass is 35.5. The highest BCUT2D eigenvalue weighted by molar-refractivity contribution is 6.31. The monoisotopic (exact) mass is 301 g/mol. The summed E-state index contributed by atoms with van der Waals surface area (Å²) < 4.78 is 13.6. The topological polar surface area (TPSA) is 66.5 Å². The highest BCUT2D eigenvalue weighted by Gasteiger charge is 2.13. The number of fused-ring (bicyclic) bond motifs is 1. The van der Waals surface area contributed by atoms with Gasteiger partial charge in [-0.05, 0) is 6.07 Å². The first-order valence-electron chi connectivity index (χ1n) is 6.02. The van der Waals surface area contributed by atoms with Gasteiger partial charge in [0.05, 0.1) is 17.8 Å². The number of hydrogen-bond donors (Lipinski definition) is 2. The zero-order chi connectivity index (χ0) is 14.8. The number of halogens is 2. The Kier molecular flexibility index (Phi) is 3.42. The predicted molar refractivity (Wildman–Crippen MR) is 79.4 cm³/mol. The van der Waals surface area contributed by atoms with Crippen molar-refractivity contribution in [1.82, 2.24) is 19.9 Å². The zero-order valence-electron chi connectivity index (χ0n) is 10.7. The first kappa shape index (κ1) is 13.3. The molecule has 7 heteroatoms. The number of aromatic amines is 1. The van der Waals surface area contributed by atoms with Crippen LogP contribution in [0.2, 0.25) is 5.02 Å². The third-order valence-corrected chi connectivity index (χ3v) is 3.05. The summed E-state index contributed by atoms with van der Waals surface area (Å²) in [5.74, 6) is 2.21. The van der Waals surface area contributed by atoms with Crippen molar-refractivity contribution in [3.8, 4) is 23.7 Å². The van der Waals surface area contributed by atoms with Gasteiger partial charge in [-0.1, -0.05) is 17.5 Å². The minimum atomic E-state index is -0.565. The Morgan fingerprint density at radius 1 is 1.38 bits per heavy atom. The lowest BCUT2D eigenvalue weighted by molar-refractivity contribution is 0.618. The summed E-state index contributed by atoms with van der Waals surface area (Å²) in [6.45, 7) is 0.175. The van der Waals surface area contributed by atoms with Gasteiger partial charge in [-0.25, -0.2) is 19.3 Å². The summed E-state index contributed by atoms with van der Waals surface area (Å²) in [4.78, 5) is 15.3. The quantitative estimate of drug-likeness (QED) is 0.730. The summed E-state index contributed by atoms with van der Waals surface area (Å²) in [7, 11) is 0. The Morgan fingerprint density at radius 3 is 3.05 bits per heavy atom. The molecule has 0 aromatic carbocycles. The van der Waals surface area contributed by atoms with E-state index in [-0.39, 0.29) is 12.4 Å². The van der Waals surface area contributed by atoms with Crippen molar-refractivity contribution in [2.45, 2.75) is 0 Å². The Morgan fingerprint density at radius 2 is 2.24 bits per heavy atom. The van der Waals surface area contributed by atoms with Crippen LogP contribution in [-0.2, 0) is 0 Å². The van der Waals surface area contributed by atoms with E-state index in [4.69, 9.17) is 18.0 Å². The van der Waals surface area contributed by atoms with Crippen LogP contribution >= 0.6 is 11.6 Å². The molecule has 0 spiro atoms. The molecule has 0 bridgehead atoms. The van der Waals surface area contributed by atoms with Crippen LogP contribution in [0, 0.1) is 18.2 Å². The van der Waals surface area contributed by atoms with Crippen molar-refractivity contribution in [3.63, 3.8) is 0 Å². The van der Waals surface area contributed by atoms with Crippen LogP contribution in [0.3, 0.4) is 0 Å². The molecule has 21 heavy (non-hydrogen) atoms. The molecule has 0 aliphatic carbocycles. The van der Waals surface area contributed by atoms with E-state index in [0.717, 1.165) is 11.6 Å². The Labute approximate surface area is 124 Å². The molecule has 5 nitrogen and oxygen atoms in total. The van der Waals surface area contributed by atoms with E-state index >= 15 is 0 Å². The number of aromatic nitrogens is 4. The fourth-order valence-corrected chi connectivity index (χ4v) is 2.08. The third kappa shape index (κ3) is 2.51. The number of pyridine rings is 1. The van der Waals surface area contributed by atoms with Crippen LogP contribution in [0.5, 0.6) is 0 Å². The standard InChI is InChI=1S/C14H9ClFN5/c1-2-3-17-14-11(16)7-20-13(21-14)10-6-19-12-9(10)4-8(15)5-18-12/h1,4-7H,3H2,(H,18,19)(H,17,20,21). The SMILES string of the molecule is C#CCNc1nc(-c2c[nH]c3ncc(Cl)cc23)ncc1F. The molecule has 104 valence electrons. The van der Waals surface area contributed by atoms with Crippen LogP contribution in [0.4, 0.5) is 10.2 Å². The second-order valence-electron chi connectivity index (χ2n) is 4.20. The van der Waals surface area contributed by atoms with E-state index in [1.807, 2.05) is 0 Å². The average molecular weight is 302 g/mol. The number of terminal acetylenes is 1.